The lowest BCUT2D eigenvalue weighted by Gasteiger charge is -2.16. The highest BCUT2D eigenvalue weighted by molar-refractivity contribution is 5.99. The van der Waals surface area contributed by atoms with Gasteiger partial charge >= 0.3 is 0 Å². The Hall–Kier alpha value is -4.85. The van der Waals surface area contributed by atoms with Crippen molar-refractivity contribution in [1.82, 2.24) is 25.3 Å². The van der Waals surface area contributed by atoms with Crippen LogP contribution in [-0.2, 0) is 0 Å². The van der Waals surface area contributed by atoms with Gasteiger partial charge in [0.15, 0.2) is 0 Å². The average molecular weight is 446 g/mol. The molecule has 0 saturated carbocycles. The molecule has 1 atom stereocenters. The maximum atomic E-state index is 13.2. The van der Waals surface area contributed by atoms with Crippen molar-refractivity contribution >= 4 is 22.8 Å². The number of amides is 2. The van der Waals surface area contributed by atoms with Crippen molar-refractivity contribution in [2.24, 2.45) is 5.73 Å². The van der Waals surface area contributed by atoms with Crippen LogP contribution in [0, 0.1) is 0 Å². The summed E-state index contributed by atoms with van der Waals surface area (Å²) in [7, 11) is 0. The molecular weight excluding hydrogens is 428 g/mol. The van der Waals surface area contributed by atoms with Gasteiger partial charge in [-0.25, -0.2) is 4.98 Å². The van der Waals surface area contributed by atoms with Gasteiger partial charge in [-0.3, -0.25) is 19.6 Å². The van der Waals surface area contributed by atoms with Gasteiger partial charge in [-0.05, 0) is 40.5 Å². The summed E-state index contributed by atoms with van der Waals surface area (Å²) in [6, 6.07) is 18.4. The summed E-state index contributed by atoms with van der Waals surface area (Å²) in [6.45, 7) is 0. The highest BCUT2D eigenvalue weighted by atomic mass is 16.2. The second-order valence-electron chi connectivity index (χ2n) is 8.04. The first-order valence-corrected chi connectivity index (χ1v) is 10.7. The zero-order valence-corrected chi connectivity index (χ0v) is 17.8. The molecule has 0 bridgehead atoms. The molecule has 1 unspecified atom stereocenters. The summed E-state index contributed by atoms with van der Waals surface area (Å²) in [4.78, 5) is 40.9. The van der Waals surface area contributed by atoms with Gasteiger partial charge in [-0.1, -0.05) is 42.5 Å². The monoisotopic (exact) mass is 446 g/mol. The number of carbonyl (C=O) groups excluding carboxylic acids is 2. The Morgan fingerprint density at radius 1 is 0.941 bits per heavy atom. The van der Waals surface area contributed by atoms with Gasteiger partial charge in [0, 0.05) is 23.5 Å². The van der Waals surface area contributed by atoms with E-state index in [-0.39, 0.29) is 17.6 Å². The highest BCUT2D eigenvalue weighted by Gasteiger charge is 2.32. The van der Waals surface area contributed by atoms with Crippen LogP contribution in [0.5, 0.6) is 0 Å². The Bertz CT molecular complexity index is 1570. The molecule has 8 heteroatoms. The molecule has 0 radical (unpaired) electrons. The molecule has 1 aliphatic carbocycles. The quantitative estimate of drug-likeness (QED) is 0.389. The van der Waals surface area contributed by atoms with E-state index >= 15 is 0 Å². The molecule has 34 heavy (non-hydrogen) atoms. The van der Waals surface area contributed by atoms with E-state index in [4.69, 9.17) is 10.7 Å². The Kier molecular flexibility index (Phi) is 4.44. The second kappa shape index (κ2) is 7.63. The zero-order valence-electron chi connectivity index (χ0n) is 17.8. The fraction of sp³-hybridized carbons (Fsp3) is 0.0385. The van der Waals surface area contributed by atoms with Gasteiger partial charge in [-0.15, -0.1) is 0 Å². The molecule has 4 N–H and O–H groups in total. The number of nitrogens with zero attached hydrogens (tertiary/aromatic N) is 3. The first-order valence-electron chi connectivity index (χ1n) is 10.7. The van der Waals surface area contributed by atoms with Gasteiger partial charge in [0.2, 0.25) is 0 Å². The highest BCUT2D eigenvalue weighted by Crippen LogP contribution is 2.47. The van der Waals surface area contributed by atoms with E-state index in [1.165, 1.54) is 12.3 Å². The van der Waals surface area contributed by atoms with Crippen molar-refractivity contribution in [3.05, 3.63) is 102 Å². The number of aromatic nitrogens is 4. The van der Waals surface area contributed by atoms with Crippen LogP contribution in [0.3, 0.4) is 0 Å². The topological polar surface area (TPSA) is 127 Å². The number of carbonyl (C=O) groups is 2. The van der Waals surface area contributed by atoms with Crippen LogP contribution in [0.25, 0.3) is 33.5 Å². The number of nitrogens with two attached hydrogens (primary N) is 1. The van der Waals surface area contributed by atoms with E-state index in [0.717, 1.165) is 44.7 Å². The van der Waals surface area contributed by atoms with E-state index in [1.54, 1.807) is 18.5 Å². The number of aromatic amines is 1. The number of benzene rings is 2. The second-order valence-corrected chi connectivity index (χ2v) is 8.04. The molecule has 8 nitrogen and oxygen atoms in total. The number of H-pyrrole nitrogens is 1. The molecule has 6 rings (SSSR count). The zero-order chi connectivity index (χ0) is 23.2. The Morgan fingerprint density at radius 3 is 2.62 bits per heavy atom. The number of rotatable bonds is 4. The van der Waals surface area contributed by atoms with Crippen molar-refractivity contribution in [3.8, 4) is 22.5 Å². The van der Waals surface area contributed by atoms with Crippen molar-refractivity contribution in [2.75, 3.05) is 0 Å². The summed E-state index contributed by atoms with van der Waals surface area (Å²) in [5.41, 5.74) is 12.3. The maximum absolute atomic E-state index is 13.2. The van der Waals surface area contributed by atoms with E-state index in [1.807, 2.05) is 48.5 Å². The number of pyridine rings is 2. The van der Waals surface area contributed by atoms with Crippen molar-refractivity contribution in [1.29, 1.82) is 0 Å². The Morgan fingerprint density at radius 2 is 1.76 bits per heavy atom. The number of imidazole rings is 1. The fourth-order valence-electron chi connectivity index (χ4n) is 4.51. The number of fused-ring (bicyclic) bond motifs is 4. The molecule has 3 aromatic heterocycles. The standard InChI is InChI=1S/C26H18N6O2/c27-24(33)20-12-14(8-11-29-20)26(34)32-23-16-5-2-1-4-15(16)22-17(23)6-3-7-18(22)25-30-19-9-10-28-13-21(19)31-25/h1-13,23H,(H2,27,33)(H,30,31)(H,32,34). The summed E-state index contributed by atoms with van der Waals surface area (Å²) in [6.07, 6.45) is 4.87. The van der Waals surface area contributed by atoms with Crippen LogP contribution in [0.2, 0.25) is 0 Å². The molecular formula is C26H18N6O2. The lowest BCUT2D eigenvalue weighted by Crippen LogP contribution is -2.28. The third-order valence-corrected chi connectivity index (χ3v) is 6.04. The molecule has 2 amide bonds. The molecule has 164 valence electrons. The van der Waals surface area contributed by atoms with Gasteiger partial charge in [0.25, 0.3) is 11.8 Å². The first kappa shape index (κ1) is 19.8. The van der Waals surface area contributed by atoms with E-state index in [2.05, 4.69) is 20.3 Å². The maximum Gasteiger partial charge on any atom is 0.267 e. The number of primary amides is 1. The number of hydrogen-bond acceptors (Lipinski definition) is 5. The first-order chi connectivity index (χ1) is 16.6. The van der Waals surface area contributed by atoms with Crippen LogP contribution in [-0.4, -0.2) is 31.8 Å². The van der Waals surface area contributed by atoms with Crippen LogP contribution >= 0.6 is 0 Å². The Labute approximate surface area is 193 Å². The summed E-state index contributed by atoms with van der Waals surface area (Å²) < 4.78 is 0. The average Bonchev–Trinajstić information content (AvgIpc) is 3.44. The normalized spacial score (nSPS) is 13.9. The van der Waals surface area contributed by atoms with Crippen LogP contribution in [0.4, 0.5) is 0 Å². The summed E-state index contributed by atoms with van der Waals surface area (Å²) >= 11 is 0. The smallest absolute Gasteiger partial charge is 0.267 e. The minimum atomic E-state index is -0.683. The molecule has 0 spiro atoms. The van der Waals surface area contributed by atoms with Crippen molar-refractivity contribution in [3.63, 3.8) is 0 Å². The van der Waals surface area contributed by atoms with Crippen LogP contribution < -0.4 is 11.1 Å². The molecule has 1 aliphatic rings. The fourth-order valence-corrected chi connectivity index (χ4v) is 4.51. The predicted molar refractivity (Wildman–Crippen MR) is 127 cm³/mol. The Balaban J connectivity index is 1.45. The predicted octanol–water partition coefficient (Wildman–Crippen LogP) is 3.62. The van der Waals surface area contributed by atoms with Gasteiger partial charge in [0.1, 0.15) is 11.5 Å². The lowest BCUT2D eigenvalue weighted by atomic mass is 9.98. The van der Waals surface area contributed by atoms with Gasteiger partial charge < -0.3 is 16.0 Å². The largest absolute Gasteiger partial charge is 0.364 e. The van der Waals surface area contributed by atoms with Crippen LogP contribution in [0.1, 0.15) is 38.0 Å². The van der Waals surface area contributed by atoms with Crippen molar-refractivity contribution in [2.45, 2.75) is 6.04 Å². The lowest BCUT2D eigenvalue weighted by molar-refractivity contribution is 0.0943. The third-order valence-electron chi connectivity index (χ3n) is 6.04. The summed E-state index contributed by atoms with van der Waals surface area (Å²) in [5, 5.41) is 3.12. The molecule has 0 fully saturated rings. The van der Waals surface area contributed by atoms with Gasteiger partial charge in [-0.2, -0.15) is 0 Å². The third kappa shape index (κ3) is 3.12. The molecule has 2 aromatic carbocycles. The molecule has 0 saturated heterocycles. The van der Waals surface area contributed by atoms with E-state index in [0.29, 0.717) is 5.56 Å². The summed E-state index contributed by atoms with van der Waals surface area (Å²) in [5.74, 6) is -0.267. The SMILES string of the molecule is NC(=O)c1cc(C(=O)NC2c3ccccc3-c3c(-c4nc5ccncc5[nH]4)cccc32)ccn1. The minimum absolute atomic E-state index is 0.0431. The molecule has 0 aliphatic heterocycles. The molecule has 5 aromatic rings. The van der Waals surface area contributed by atoms with E-state index < -0.39 is 5.91 Å². The van der Waals surface area contributed by atoms with E-state index in [9.17, 15) is 9.59 Å². The van der Waals surface area contributed by atoms with Gasteiger partial charge in [0.05, 0.1) is 23.3 Å². The number of nitrogens with one attached hydrogen (secondary N) is 2. The molecule has 3 heterocycles. The number of hydrogen-bond donors (Lipinski definition) is 3. The van der Waals surface area contributed by atoms with Crippen molar-refractivity contribution < 1.29 is 9.59 Å². The van der Waals surface area contributed by atoms with Crippen LogP contribution in [0.15, 0.2) is 79.3 Å². The minimum Gasteiger partial charge on any atom is -0.364 e.